The fourth-order valence-corrected chi connectivity index (χ4v) is 1.94. The Morgan fingerprint density at radius 3 is 2.50 bits per heavy atom. The third-order valence-electron chi connectivity index (χ3n) is 2.01. The topological polar surface area (TPSA) is 79.3 Å². The minimum atomic E-state index is -1.08. The van der Waals surface area contributed by atoms with Crippen molar-refractivity contribution in [3.63, 3.8) is 0 Å². The Bertz CT molecular complexity index is 595. The quantitative estimate of drug-likeness (QED) is 0.892. The van der Waals surface area contributed by atoms with Crippen LogP contribution in [0.4, 0.5) is 10.2 Å². The van der Waals surface area contributed by atoms with Crippen molar-refractivity contribution in [3.05, 3.63) is 46.0 Å². The standard InChI is InChI=1S/C11H7FN2O3S/c12-6-1-4-9(13-5-6)14-10(15)7-2-3-8(18-7)11(16)17/h1-5H,(H,16,17)(H,13,14,15). The average Bonchev–Trinajstić information content (AvgIpc) is 2.81. The van der Waals surface area contributed by atoms with E-state index in [1.807, 2.05) is 0 Å². The molecule has 2 heterocycles. The molecule has 92 valence electrons. The first-order valence-corrected chi connectivity index (χ1v) is 5.64. The summed E-state index contributed by atoms with van der Waals surface area (Å²) in [5, 5.41) is 11.2. The van der Waals surface area contributed by atoms with Crippen molar-refractivity contribution in [3.8, 4) is 0 Å². The monoisotopic (exact) mass is 266 g/mol. The fourth-order valence-electron chi connectivity index (χ4n) is 1.20. The van der Waals surface area contributed by atoms with Gasteiger partial charge in [-0.2, -0.15) is 0 Å². The van der Waals surface area contributed by atoms with Crippen molar-refractivity contribution in [2.24, 2.45) is 0 Å². The van der Waals surface area contributed by atoms with Crippen molar-refractivity contribution in [1.29, 1.82) is 0 Å². The number of hydrogen-bond donors (Lipinski definition) is 2. The van der Waals surface area contributed by atoms with Crippen LogP contribution in [0.25, 0.3) is 0 Å². The van der Waals surface area contributed by atoms with Gasteiger partial charge in [-0.15, -0.1) is 11.3 Å². The third-order valence-corrected chi connectivity index (χ3v) is 3.08. The lowest BCUT2D eigenvalue weighted by Gasteiger charge is -2.01. The molecule has 0 bridgehead atoms. The number of carbonyl (C=O) groups is 2. The van der Waals surface area contributed by atoms with Crippen molar-refractivity contribution in [2.75, 3.05) is 5.32 Å². The van der Waals surface area contributed by atoms with Gasteiger partial charge in [-0.1, -0.05) is 0 Å². The minimum absolute atomic E-state index is 0.0761. The molecule has 0 saturated heterocycles. The summed E-state index contributed by atoms with van der Waals surface area (Å²) in [5.74, 6) is -1.87. The van der Waals surface area contributed by atoms with E-state index in [1.54, 1.807) is 0 Å². The van der Waals surface area contributed by atoms with Gasteiger partial charge in [0.05, 0.1) is 11.1 Å². The van der Waals surface area contributed by atoms with Gasteiger partial charge in [0.15, 0.2) is 0 Å². The molecular formula is C11H7FN2O3S. The predicted octanol–water partition coefficient (Wildman–Crippen LogP) is 2.23. The first kappa shape index (κ1) is 12.2. The zero-order valence-corrected chi connectivity index (χ0v) is 9.70. The second-order valence-electron chi connectivity index (χ2n) is 3.28. The number of hydrogen-bond acceptors (Lipinski definition) is 4. The highest BCUT2D eigenvalue weighted by Gasteiger charge is 2.13. The highest BCUT2D eigenvalue weighted by atomic mass is 32.1. The van der Waals surface area contributed by atoms with E-state index in [0.717, 1.165) is 17.5 Å². The summed E-state index contributed by atoms with van der Waals surface area (Å²) in [6.07, 6.45) is 0.979. The number of amides is 1. The maximum absolute atomic E-state index is 12.6. The van der Waals surface area contributed by atoms with Gasteiger partial charge in [0.25, 0.3) is 5.91 Å². The highest BCUT2D eigenvalue weighted by Crippen LogP contribution is 2.17. The molecule has 7 heteroatoms. The number of aromatic nitrogens is 1. The molecule has 2 aromatic rings. The second kappa shape index (κ2) is 4.92. The van der Waals surface area contributed by atoms with Gasteiger partial charge >= 0.3 is 5.97 Å². The molecule has 0 aliphatic carbocycles. The van der Waals surface area contributed by atoms with Crippen LogP contribution in [-0.4, -0.2) is 22.0 Å². The Kier molecular flexibility index (Phi) is 3.33. The van der Waals surface area contributed by atoms with E-state index in [9.17, 15) is 14.0 Å². The van der Waals surface area contributed by atoms with Crippen LogP contribution in [0.15, 0.2) is 30.5 Å². The van der Waals surface area contributed by atoms with E-state index in [4.69, 9.17) is 5.11 Å². The maximum Gasteiger partial charge on any atom is 0.345 e. The van der Waals surface area contributed by atoms with Gasteiger partial charge in [0, 0.05) is 0 Å². The lowest BCUT2D eigenvalue weighted by molar-refractivity contribution is 0.0702. The molecule has 0 aliphatic heterocycles. The van der Waals surface area contributed by atoms with Gasteiger partial charge < -0.3 is 10.4 Å². The molecule has 0 atom stereocenters. The first-order chi connectivity index (χ1) is 8.56. The lowest BCUT2D eigenvalue weighted by atomic mass is 10.4. The van der Waals surface area contributed by atoms with Crippen molar-refractivity contribution in [1.82, 2.24) is 4.98 Å². The molecule has 0 unspecified atom stereocenters. The van der Waals surface area contributed by atoms with Crippen LogP contribution >= 0.6 is 11.3 Å². The highest BCUT2D eigenvalue weighted by molar-refractivity contribution is 7.15. The third kappa shape index (κ3) is 2.69. The minimum Gasteiger partial charge on any atom is -0.477 e. The van der Waals surface area contributed by atoms with Gasteiger partial charge in [-0.25, -0.2) is 14.2 Å². The molecule has 0 spiro atoms. The van der Waals surface area contributed by atoms with E-state index in [1.165, 1.54) is 24.3 Å². The summed E-state index contributed by atoms with van der Waals surface area (Å²) in [4.78, 5) is 26.4. The number of halogens is 1. The van der Waals surface area contributed by atoms with Crippen LogP contribution in [-0.2, 0) is 0 Å². The molecule has 2 N–H and O–H groups in total. The summed E-state index contributed by atoms with van der Waals surface area (Å²) in [6.45, 7) is 0. The van der Waals surface area contributed by atoms with Crippen molar-refractivity contribution >= 4 is 29.0 Å². The Morgan fingerprint density at radius 2 is 1.94 bits per heavy atom. The van der Waals surface area contributed by atoms with Gasteiger partial charge in [0.2, 0.25) is 0 Å². The number of nitrogens with one attached hydrogen (secondary N) is 1. The number of carboxylic acids is 1. The molecule has 0 saturated carbocycles. The molecule has 18 heavy (non-hydrogen) atoms. The van der Waals surface area contributed by atoms with Crippen LogP contribution in [0.1, 0.15) is 19.3 Å². The van der Waals surface area contributed by atoms with E-state index in [0.29, 0.717) is 0 Å². The number of rotatable bonds is 3. The number of thiophene rings is 1. The fraction of sp³-hybridized carbons (Fsp3) is 0. The van der Waals surface area contributed by atoms with Crippen molar-refractivity contribution in [2.45, 2.75) is 0 Å². The maximum atomic E-state index is 12.6. The predicted molar refractivity (Wildman–Crippen MR) is 63.4 cm³/mol. The molecule has 1 amide bonds. The molecule has 2 aromatic heterocycles. The zero-order chi connectivity index (χ0) is 13.1. The number of aromatic carboxylic acids is 1. The lowest BCUT2D eigenvalue weighted by Crippen LogP contribution is -2.11. The summed E-state index contributed by atoms with van der Waals surface area (Å²) in [6, 6.07) is 5.24. The number of anilines is 1. The van der Waals surface area contributed by atoms with Crippen molar-refractivity contribution < 1.29 is 19.1 Å². The number of carboxylic acid groups (broad SMARTS) is 1. The van der Waals surface area contributed by atoms with Crippen LogP contribution < -0.4 is 5.32 Å². The summed E-state index contributed by atoms with van der Waals surface area (Å²) in [7, 11) is 0. The molecule has 0 aromatic carbocycles. The van der Waals surface area contributed by atoms with Crippen LogP contribution in [0.3, 0.4) is 0 Å². The Balaban J connectivity index is 2.11. The zero-order valence-electron chi connectivity index (χ0n) is 8.88. The van der Waals surface area contributed by atoms with Gasteiger partial charge in [-0.05, 0) is 24.3 Å². The Morgan fingerprint density at radius 1 is 1.22 bits per heavy atom. The van der Waals surface area contributed by atoms with E-state index >= 15 is 0 Å². The van der Waals surface area contributed by atoms with Gasteiger partial charge in [-0.3, -0.25) is 4.79 Å². The Hall–Kier alpha value is -2.28. The molecule has 0 aliphatic rings. The molecular weight excluding hydrogens is 259 g/mol. The smallest absolute Gasteiger partial charge is 0.345 e. The SMILES string of the molecule is O=C(O)c1ccc(C(=O)Nc2ccc(F)cn2)s1. The van der Waals surface area contributed by atoms with E-state index in [2.05, 4.69) is 10.3 Å². The van der Waals surface area contributed by atoms with E-state index in [-0.39, 0.29) is 15.6 Å². The van der Waals surface area contributed by atoms with E-state index < -0.39 is 17.7 Å². The summed E-state index contributed by atoms with van der Waals surface area (Å²) in [5.41, 5.74) is 0. The Labute approximate surface area is 105 Å². The average molecular weight is 266 g/mol. The summed E-state index contributed by atoms with van der Waals surface area (Å²) >= 11 is 0.858. The van der Waals surface area contributed by atoms with Crippen LogP contribution in [0.5, 0.6) is 0 Å². The second-order valence-corrected chi connectivity index (χ2v) is 4.37. The first-order valence-electron chi connectivity index (χ1n) is 4.82. The van der Waals surface area contributed by atoms with Crippen LogP contribution in [0.2, 0.25) is 0 Å². The largest absolute Gasteiger partial charge is 0.477 e. The molecule has 5 nitrogen and oxygen atoms in total. The molecule has 0 radical (unpaired) electrons. The molecule has 2 rings (SSSR count). The van der Waals surface area contributed by atoms with Gasteiger partial charge in [0.1, 0.15) is 16.5 Å². The molecule has 0 fully saturated rings. The number of pyridine rings is 1. The number of nitrogens with zero attached hydrogens (tertiary/aromatic N) is 1. The normalized spacial score (nSPS) is 10.1. The number of carbonyl (C=O) groups excluding carboxylic acids is 1. The van der Waals surface area contributed by atoms with Crippen LogP contribution in [0, 0.1) is 5.82 Å². The summed E-state index contributed by atoms with van der Waals surface area (Å²) < 4.78 is 12.6.